The van der Waals surface area contributed by atoms with Gasteiger partial charge in [0.25, 0.3) is 0 Å². The van der Waals surface area contributed by atoms with Crippen LogP contribution in [0.15, 0.2) is 24.8 Å². The second-order valence-corrected chi connectivity index (χ2v) is 7.04. The summed E-state index contributed by atoms with van der Waals surface area (Å²) in [5.74, 6) is 2.00. The average Bonchev–Trinajstić information content (AvgIpc) is 2.95. The Kier molecular flexibility index (Phi) is 6.28. The first-order valence-electron chi connectivity index (χ1n) is 8.44. The van der Waals surface area contributed by atoms with E-state index in [1.807, 2.05) is 23.3 Å². The molecule has 0 atom stereocenters. The van der Waals surface area contributed by atoms with Crippen molar-refractivity contribution in [2.45, 2.75) is 46.6 Å². The van der Waals surface area contributed by atoms with Crippen molar-refractivity contribution < 1.29 is 0 Å². The lowest BCUT2D eigenvalue weighted by Crippen LogP contribution is -2.25. The molecule has 2 aromatic heterocycles. The van der Waals surface area contributed by atoms with Gasteiger partial charge in [-0.3, -0.25) is 4.68 Å². The van der Waals surface area contributed by atoms with Crippen molar-refractivity contribution in [2.75, 3.05) is 20.1 Å². The van der Waals surface area contributed by atoms with Gasteiger partial charge in [-0.05, 0) is 36.4 Å². The maximum absolute atomic E-state index is 4.48. The van der Waals surface area contributed by atoms with Gasteiger partial charge in [-0.25, -0.2) is 9.97 Å². The third-order valence-corrected chi connectivity index (χ3v) is 3.84. The Balaban J connectivity index is 1.86. The Bertz CT molecular complexity index is 586. The minimum Gasteiger partial charge on any atom is -0.306 e. The smallest absolute Gasteiger partial charge is 0.149 e. The summed E-state index contributed by atoms with van der Waals surface area (Å²) in [6.07, 6.45) is 8.87. The highest BCUT2D eigenvalue weighted by molar-refractivity contribution is 5.10. The quantitative estimate of drug-likeness (QED) is 0.751. The summed E-state index contributed by atoms with van der Waals surface area (Å²) in [6, 6.07) is 0. The highest BCUT2D eigenvalue weighted by atomic mass is 15.3. The highest BCUT2D eigenvalue weighted by Crippen LogP contribution is 2.12. The Hall–Kier alpha value is -1.75. The molecule has 0 unspecified atom stereocenters. The molecule has 0 bridgehead atoms. The lowest BCUT2D eigenvalue weighted by molar-refractivity contribution is 0.299. The van der Waals surface area contributed by atoms with Crippen LogP contribution in [0.5, 0.6) is 0 Å². The van der Waals surface area contributed by atoms with E-state index in [2.05, 4.69) is 60.9 Å². The first-order chi connectivity index (χ1) is 10.9. The van der Waals surface area contributed by atoms with Gasteiger partial charge in [0.05, 0.1) is 6.20 Å². The van der Waals surface area contributed by atoms with E-state index in [1.165, 1.54) is 11.1 Å². The van der Waals surface area contributed by atoms with Gasteiger partial charge in [-0.15, -0.1) is 0 Å². The Morgan fingerprint density at radius 3 is 2.35 bits per heavy atom. The third kappa shape index (κ3) is 5.75. The Labute approximate surface area is 139 Å². The first-order valence-corrected chi connectivity index (χ1v) is 8.44. The van der Waals surface area contributed by atoms with Gasteiger partial charge in [0.2, 0.25) is 0 Å². The topological polar surface area (TPSA) is 46.8 Å². The van der Waals surface area contributed by atoms with E-state index in [-0.39, 0.29) is 0 Å². The van der Waals surface area contributed by atoms with Crippen LogP contribution < -0.4 is 0 Å². The van der Waals surface area contributed by atoms with Crippen molar-refractivity contribution in [3.8, 4) is 0 Å². The molecule has 0 aromatic carbocycles. The molecule has 5 heteroatoms. The van der Waals surface area contributed by atoms with Crippen LogP contribution in [0.2, 0.25) is 0 Å². The summed E-state index contributed by atoms with van der Waals surface area (Å²) in [6.45, 7) is 11.6. The van der Waals surface area contributed by atoms with E-state index >= 15 is 0 Å². The number of nitrogens with zero attached hydrogens (tertiary/aromatic N) is 5. The van der Waals surface area contributed by atoms with Crippen molar-refractivity contribution in [3.63, 3.8) is 0 Å². The van der Waals surface area contributed by atoms with Crippen molar-refractivity contribution in [3.05, 3.63) is 41.7 Å². The zero-order valence-corrected chi connectivity index (χ0v) is 15.0. The van der Waals surface area contributed by atoms with Crippen LogP contribution in [-0.4, -0.2) is 44.8 Å². The minimum absolute atomic E-state index is 0.495. The first kappa shape index (κ1) is 17.6. The van der Waals surface area contributed by atoms with Crippen LogP contribution in [0.25, 0.3) is 0 Å². The number of likely N-dealkylation sites (N-methyl/N-ethyl adjacent to an activating group) is 1. The molecular formula is C18H29N5. The molecule has 2 rings (SSSR count). The van der Waals surface area contributed by atoms with E-state index in [4.69, 9.17) is 0 Å². The van der Waals surface area contributed by atoms with Gasteiger partial charge >= 0.3 is 0 Å². The predicted molar refractivity (Wildman–Crippen MR) is 93.5 cm³/mol. The summed E-state index contributed by atoms with van der Waals surface area (Å²) < 4.78 is 1.90. The average molecular weight is 315 g/mol. The molecule has 0 fully saturated rings. The highest BCUT2D eigenvalue weighted by Gasteiger charge is 2.06. The van der Waals surface area contributed by atoms with Crippen molar-refractivity contribution in [1.29, 1.82) is 0 Å². The maximum atomic E-state index is 4.48. The van der Waals surface area contributed by atoms with Crippen LogP contribution in [-0.2, 0) is 13.0 Å². The zero-order valence-electron chi connectivity index (χ0n) is 15.0. The third-order valence-electron chi connectivity index (χ3n) is 3.84. The molecule has 0 aliphatic carbocycles. The Morgan fingerprint density at radius 1 is 1.09 bits per heavy atom. The monoisotopic (exact) mass is 315 g/mol. The van der Waals surface area contributed by atoms with E-state index in [1.54, 1.807) is 0 Å². The normalized spacial score (nSPS) is 11.8. The molecule has 0 spiro atoms. The predicted octanol–water partition coefficient (Wildman–Crippen LogP) is 2.98. The molecular weight excluding hydrogens is 286 g/mol. The summed E-state index contributed by atoms with van der Waals surface area (Å²) in [7, 11) is 2.17. The molecule has 0 saturated carbocycles. The molecule has 2 aromatic rings. The van der Waals surface area contributed by atoms with E-state index < -0.39 is 0 Å². The molecule has 23 heavy (non-hydrogen) atoms. The van der Waals surface area contributed by atoms with Crippen LogP contribution in [0.3, 0.4) is 0 Å². The molecule has 0 amide bonds. The number of hydrogen-bond donors (Lipinski definition) is 0. The molecule has 0 N–H and O–H groups in total. The van der Waals surface area contributed by atoms with Crippen molar-refractivity contribution in [1.82, 2.24) is 24.6 Å². The lowest BCUT2D eigenvalue weighted by Gasteiger charge is -2.18. The van der Waals surface area contributed by atoms with Crippen molar-refractivity contribution >= 4 is 0 Å². The van der Waals surface area contributed by atoms with Gasteiger partial charge in [-0.1, -0.05) is 27.7 Å². The largest absolute Gasteiger partial charge is 0.306 e. The standard InChI is InChI=1S/C18H29N5/c1-14(2)11-22(5)7-6-16-8-19-18(20-9-16)13-23-12-17(10-21-23)15(3)4/h8-10,12,14-15H,6-7,11,13H2,1-5H3. The van der Waals surface area contributed by atoms with Crippen LogP contribution in [0, 0.1) is 5.92 Å². The molecule has 126 valence electrons. The van der Waals surface area contributed by atoms with Crippen LogP contribution >= 0.6 is 0 Å². The van der Waals surface area contributed by atoms with Gasteiger partial charge in [0.15, 0.2) is 0 Å². The molecule has 2 heterocycles. The molecule has 0 aliphatic rings. The van der Waals surface area contributed by atoms with E-state index in [0.717, 1.165) is 25.3 Å². The summed E-state index contributed by atoms with van der Waals surface area (Å²) in [5.41, 5.74) is 2.43. The molecule has 0 radical (unpaired) electrons. The number of hydrogen-bond acceptors (Lipinski definition) is 4. The molecule has 5 nitrogen and oxygen atoms in total. The van der Waals surface area contributed by atoms with Crippen LogP contribution in [0.1, 0.15) is 50.6 Å². The number of aromatic nitrogens is 4. The fraction of sp³-hybridized carbons (Fsp3) is 0.611. The van der Waals surface area contributed by atoms with Gasteiger partial charge < -0.3 is 4.90 Å². The second kappa shape index (κ2) is 8.20. The number of rotatable bonds is 8. The fourth-order valence-electron chi connectivity index (χ4n) is 2.54. The minimum atomic E-state index is 0.495. The van der Waals surface area contributed by atoms with Gasteiger partial charge in [0.1, 0.15) is 12.4 Å². The van der Waals surface area contributed by atoms with E-state index in [9.17, 15) is 0 Å². The second-order valence-electron chi connectivity index (χ2n) is 7.04. The lowest BCUT2D eigenvalue weighted by atomic mass is 10.1. The van der Waals surface area contributed by atoms with Crippen molar-refractivity contribution in [2.24, 2.45) is 5.92 Å². The summed E-state index contributed by atoms with van der Waals surface area (Å²) >= 11 is 0. The molecule has 0 saturated heterocycles. The van der Waals surface area contributed by atoms with Gasteiger partial charge in [0, 0.05) is 31.7 Å². The van der Waals surface area contributed by atoms with E-state index in [0.29, 0.717) is 18.4 Å². The fourth-order valence-corrected chi connectivity index (χ4v) is 2.54. The zero-order chi connectivity index (χ0) is 16.8. The SMILES string of the molecule is CC(C)CN(C)CCc1cnc(Cn2cc(C(C)C)cn2)nc1. The molecule has 0 aliphatic heterocycles. The Morgan fingerprint density at radius 2 is 1.78 bits per heavy atom. The maximum Gasteiger partial charge on any atom is 0.149 e. The summed E-state index contributed by atoms with van der Waals surface area (Å²) in [4.78, 5) is 11.3. The summed E-state index contributed by atoms with van der Waals surface area (Å²) in [5, 5.41) is 4.37. The van der Waals surface area contributed by atoms with Crippen LogP contribution in [0.4, 0.5) is 0 Å². The van der Waals surface area contributed by atoms with Gasteiger partial charge in [-0.2, -0.15) is 5.10 Å².